The Morgan fingerprint density at radius 2 is 1.95 bits per heavy atom. The lowest BCUT2D eigenvalue weighted by Gasteiger charge is -2.36. The fraction of sp³-hybridized carbons (Fsp3) is 0.562. The molecular formula is C16H22N2O3. The molecule has 1 heterocycles. The first-order chi connectivity index (χ1) is 9.90. The number of benzene rings is 1. The number of carbonyl (C=O) groups excluding carboxylic acids is 1. The number of nitrogens with zero attached hydrogens (tertiary/aromatic N) is 2. The van der Waals surface area contributed by atoms with Gasteiger partial charge < -0.3 is 9.64 Å². The van der Waals surface area contributed by atoms with Crippen molar-refractivity contribution in [3.63, 3.8) is 0 Å². The van der Waals surface area contributed by atoms with E-state index in [9.17, 15) is 9.70 Å². The minimum atomic E-state index is -0.515. The molecule has 114 valence electrons. The molecule has 0 N–H and O–H groups in total. The van der Waals surface area contributed by atoms with Crippen LogP contribution in [0.4, 0.5) is 4.79 Å². The highest BCUT2D eigenvalue weighted by molar-refractivity contribution is 5.68. The largest absolute Gasteiger partial charge is 0.444 e. The Bertz CT molecular complexity index is 496. The van der Waals surface area contributed by atoms with Crippen molar-refractivity contribution in [2.75, 3.05) is 13.1 Å². The van der Waals surface area contributed by atoms with Crippen LogP contribution in [-0.4, -0.2) is 35.7 Å². The van der Waals surface area contributed by atoms with E-state index in [4.69, 9.17) is 4.74 Å². The molecule has 2 unspecified atom stereocenters. The Morgan fingerprint density at radius 1 is 1.29 bits per heavy atom. The summed E-state index contributed by atoms with van der Waals surface area (Å²) in [5.41, 5.74) is 0.523. The van der Waals surface area contributed by atoms with E-state index >= 15 is 0 Å². The van der Waals surface area contributed by atoms with Crippen LogP contribution >= 0.6 is 0 Å². The first-order valence-electron chi connectivity index (χ1n) is 7.26. The molecular weight excluding hydrogens is 268 g/mol. The van der Waals surface area contributed by atoms with Crippen molar-refractivity contribution in [2.45, 2.75) is 44.8 Å². The molecule has 0 saturated carbocycles. The van der Waals surface area contributed by atoms with Crippen LogP contribution in [0, 0.1) is 4.91 Å². The van der Waals surface area contributed by atoms with Gasteiger partial charge in [-0.05, 0) is 32.8 Å². The number of piperidine rings is 1. The third-order valence-electron chi connectivity index (χ3n) is 3.59. The number of rotatable bonds is 2. The molecule has 0 radical (unpaired) electrons. The van der Waals surface area contributed by atoms with Crippen LogP contribution in [0.1, 0.15) is 38.7 Å². The first-order valence-corrected chi connectivity index (χ1v) is 7.26. The predicted molar refractivity (Wildman–Crippen MR) is 81.2 cm³/mol. The number of carbonyl (C=O) groups is 1. The molecule has 1 aromatic carbocycles. The number of nitroso groups, excluding NO2 is 1. The van der Waals surface area contributed by atoms with Crippen molar-refractivity contribution in [3.8, 4) is 0 Å². The lowest BCUT2D eigenvalue weighted by molar-refractivity contribution is 0.0186. The summed E-state index contributed by atoms with van der Waals surface area (Å²) in [4.78, 5) is 24.9. The summed E-state index contributed by atoms with van der Waals surface area (Å²) in [6.45, 7) is 6.52. The molecule has 1 aliphatic rings. The number of hydrogen-bond acceptors (Lipinski definition) is 4. The van der Waals surface area contributed by atoms with Crippen molar-refractivity contribution < 1.29 is 9.53 Å². The van der Waals surface area contributed by atoms with Crippen molar-refractivity contribution in [1.29, 1.82) is 0 Å². The first kappa shape index (κ1) is 15.5. The molecule has 1 aromatic rings. The van der Waals surface area contributed by atoms with Gasteiger partial charge in [-0.25, -0.2) is 4.79 Å². The van der Waals surface area contributed by atoms with Gasteiger partial charge in [-0.15, -0.1) is 0 Å². The zero-order valence-corrected chi connectivity index (χ0v) is 12.8. The van der Waals surface area contributed by atoms with Gasteiger partial charge in [0.05, 0.1) is 0 Å². The van der Waals surface area contributed by atoms with Crippen LogP contribution in [0.5, 0.6) is 0 Å². The van der Waals surface area contributed by atoms with Crippen molar-refractivity contribution in [1.82, 2.24) is 4.90 Å². The van der Waals surface area contributed by atoms with Crippen LogP contribution in [-0.2, 0) is 4.74 Å². The maximum Gasteiger partial charge on any atom is 0.410 e. The minimum absolute atomic E-state index is 0.0648. The summed E-state index contributed by atoms with van der Waals surface area (Å²) in [6.07, 6.45) is 0.246. The van der Waals surface area contributed by atoms with Gasteiger partial charge in [0.25, 0.3) is 0 Å². The molecule has 1 fully saturated rings. The van der Waals surface area contributed by atoms with Gasteiger partial charge in [0.2, 0.25) is 0 Å². The molecule has 2 rings (SSSR count). The molecule has 1 saturated heterocycles. The molecule has 0 bridgehead atoms. The van der Waals surface area contributed by atoms with Crippen LogP contribution < -0.4 is 0 Å². The van der Waals surface area contributed by atoms with Crippen molar-refractivity contribution >= 4 is 6.09 Å². The standard InChI is InChI=1S/C16H22N2O3/c1-16(2,3)21-15(19)18-10-9-14(17-20)13(11-18)12-7-5-4-6-8-12/h4-8,13-14H,9-11H2,1-3H3. The van der Waals surface area contributed by atoms with E-state index in [1.165, 1.54) is 0 Å². The van der Waals surface area contributed by atoms with E-state index in [0.29, 0.717) is 19.5 Å². The number of amides is 1. The van der Waals surface area contributed by atoms with E-state index in [1.54, 1.807) is 4.90 Å². The predicted octanol–water partition coefficient (Wildman–Crippen LogP) is 3.55. The van der Waals surface area contributed by atoms with E-state index in [-0.39, 0.29) is 18.1 Å². The Balaban J connectivity index is 2.12. The monoisotopic (exact) mass is 290 g/mol. The molecule has 1 amide bonds. The number of ether oxygens (including phenoxy) is 1. The topological polar surface area (TPSA) is 59.0 Å². The summed E-state index contributed by atoms with van der Waals surface area (Å²) in [5, 5.41) is 3.24. The van der Waals surface area contributed by atoms with Crippen molar-refractivity contribution in [3.05, 3.63) is 40.8 Å². The minimum Gasteiger partial charge on any atom is -0.444 e. The van der Waals surface area contributed by atoms with E-state index in [2.05, 4.69) is 5.18 Å². The van der Waals surface area contributed by atoms with E-state index in [1.807, 2.05) is 51.1 Å². The average molecular weight is 290 g/mol. The van der Waals surface area contributed by atoms with Crippen molar-refractivity contribution in [2.24, 2.45) is 5.18 Å². The molecule has 2 atom stereocenters. The lowest BCUT2D eigenvalue weighted by Crippen LogP contribution is -2.46. The second-order valence-corrected chi connectivity index (χ2v) is 6.40. The Kier molecular flexibility index (Phi) is 4.60. The summed E-state index contributed by atoms with van der Waals surface area (Å²) < 4.78 is 5.41. The third-order valence-corrected chi connectivity index (χ3v) is 3.59. The summed E-state index contributed by atoms with van der Waals surface area (Å²) in [6, 6.07) is 9.46. The van der Waals surface area contributed by atoms with Gasteiger partial charge in [-0.1, -0.05) is 35.5 Å². The van der Waals surface area contributed by atoms with Gasteiger partial charge in [-0.2, -0.15) is 4.91 Å². The van der Waals surface area contributed by atoms with Crippen LogP contribution in [0.25, 0.3) is 0 Å². The van der Waals surface area contributed by atoms with E-state index < -0.39 is 5.60 Å². The molecule has 5 nitrogen and oxygen atoms in total. The molecule has 5 heteroatoms. The molecule has 0 aliphatic carbocycles. The molecule has 21 heavy (non-hydrogen) atoms. The van der Waals surface area contributed by atoms with Crippen LogP contribution in [0.3, 0.4) is 0 Å². The average Bonchev–Trinajstić information content (AvgIpc) is 2.45. The van der Waals surface area contributed by atoms with Gasteiger partial charge in [0.15, 0.2) is 0 Å². The zero-order chi connectivity index (χ0) is 15.5. The highest BCUT2D eigenvalue weighted by atomic mass is 16.6. The van der Waals surface area contributed by atoms with Gasteiger partial charge in [-0.3, -0.25) is 0 Å². The SMILES string of the molecule is CC(C)(C)OC(=O)N1CCC(N=O)C(c2ccccc2)C1. The molecule has 1 aliphatic heterocycles. The maximum absolute atomic E-state index is 12.2. The Labute approximate surface area is 125 Å². The zero-order valence-electron chi connectivity index (χ0n) is 12.8. The second-order valence-electron chi connectivity index (χ2n) is 6.40. The summed E-state index contributed by atoms with van der Waals surface area (Å²) in [7, 11) is 0. The fourth-order valence-corrected chi connectivity index (χ4v) is 2.59. The Hall–Kier alpha value is -1.91. The number of likely N-dealkylation sites (tertiary alicyclic amines) is 1. The number of hydrogen-bond donors (Lipinski definition) is 0. The quantitative estimate of drug-likeness (QED) is 0.783. The summed E-state index contributed by atoms with van der Waals surface area (Å²) in [5.74, 6) is -0.0648. The molecule has 0 spiro atoms. The molecule has 0 aromatic heterocycles. The highest BCUT2D eigenvalue weighted by Crippen LogP contribution is 2.30. The smallest absolute Gasteiger partial charge is 0.410 e. The van der Waals surface area contributed by atoms with Crippen LogP contribution in [0.2, 0.25) is 0 Å². The lowest BCUT2D eigenvalue weighted by atomic mass is 9.87. The maximum atomic E-state index is 12.2. The normalized spacial score (nSPS) is 22.7. The van der Waals surface area contributed by atoms with E-state index in [0.717, 1.165) is 5.56 Å². The third kappa shape index (κ3) is 4.03. The highest BCUT2D eigenvalue weighted by Gasteiger charge is 2.35. The second kappa shape index (κ2) is 6.24. The van der Waals surface area contributed by atoms with Gasteiger partial charge in [0, 0.05) is 19.0 Å². The fourth-order valence-electron chi connectivity index (χ4n) is 2.59. The van der Waals surface area contributed by atoms with Crippen LogP contribution in [0.15, 0.2) is 35.5 Å². The summed E-state index contributed by atoms with van der Waals surface area (Å²) >= 11 is 0. The van der Waals surface area contributed by atoms with Gasteiger partial charge >= 0.3 is 6.09 Å². The Morgan fingerprint density at radius 3 is 2.52 bits per heavy atom. The van der Waals surface area contributed by atoms with Gasteiger partial charge in [0.1, 0.15) is 11.6 Å².